The number of nitrogens with zero attached hydrogens (tertiary/aromatic N) is 1. The number of hydrogen-bond donors (Lipinski definition) is 0. The second-order valence-corrected chi connectivity index (χ2v) is 19.2. The van der Waals surface area contributed by atoms with Crippen molar-refractivity contribution >= 4 is 35.3 Å². The number of ether oxygens (including phenoxy) is 2. The molecule has 7 heteroatoms. The minimum atomic E-state index is -0.859. The standard InChI is InChI=1S/C47H79Cl2NO4/c1-5-7-9-10-11-12-13-14-15-16-17-18-19-20-21-25-43(51)54-47(42(49)37-50(34-33-48)44(52)53-35-22-8-6-2)32-31-46(4)38(36-47)26-27-39-40-24-23-29-45(40,3)30-28-41(39)46/h14-15,26,39-42H,5-13,16-25,27-37H2,1-4H3/t39?,40?,41?,42?,45-,46-,47-/m0/s1. The van der Waals surface area contributed by atoms with Gasteiger partial charge in [-0.2, -0.15) is 0 Å². The summed E-state index contributed by atoms with van der Waals surface area (Å²) in [6.45, 7) is 10.5. The Hall–Kier alpha value is -1.20. The van der Waals surface area contributed by atoms with Crippen molar-refractivity contribution in [2.45, 2.75) is 206 Å². The molecule has 310 valence electrons. The average Bonchev–Trinajstić information content (AvgIpc) is 3.56. The van der Waals surface area contributed by atoms with E-state index in [-0.39, 0.29) is 24.0 Å². The molecule has 4 aliphatic carbocycles. The molecule has 0 N–H and O–H groups in total. The maximum Gasteiger partial charge on any atom is 0.409 e. The van der Waals surface area contributed by atoms with E-state index in [0.717, 1.165) is 76.0 Å². The van der Waals surface area contributed by atoms with Gasteiger partial charge in [-0.25, -0.2) is 4.79 Å². The minimum absolute atomic E-state index is 0.108. The third-order valence-electron chi connectivity index (χ3n) is 14.5. The van der Waals surface area contributed by atoms with Crippen molar-refractivity contribution in [2.75, 3.05) is 25.6 Å². The van der Waals surface area contributed by atoms with Crippen LogP contribution in [0.4, 0.5) is 4.79 Å². The molecule has 3 fully saturated rings. The number of allylic oxidation sites excluding steroid dienone is 3. The highest BCUT2D eigenvalue weighted by Crippen LogP contribution is 2.66. The van der Waals surface area contributed by atoms with Crippen LogP contribution in [0.3, 0.4) is 0 Å². The Kier molecular flexibility index (Phi) is 19.6. The number of rotatable bonds is 25. The highest BCUT2D eigenvalue weighted by atomic mass is 35.5. The van der Waals surface area contributed by atoms with Crippen LogP contribution < -0.4 is 0 Å². The number of carbonyl (C=O) groups excluding carboxylic acids is 2. The van der Waals surface area contributed by atoms with Gasteiger partial charge in [0, 0.05) is 31.8 Å². The lowest BCUT2D eigenvalue weighted by molar-refractivity contribution is -0.166. The van der Waals surface area contributed by atoms with Gasteiger partial charge < -0.3 is 14.4 Å². The molecule has 0 radical (unpaired) electrons. The zero-order valence-electron chi connectivity index (χ0n) is 35.1. The number of amides is 1. The molecular weight excluding hydrogens is 713 g/mol. The van der Waals surface area contributed by atoms with Crippen molar-refractivity contribution < 1.29 is 19.1 Å². The Morgan fingerprint density at radius 2 is 1.52 bits per heavy atom. The molecular formula is C47H79Cl2NO4. The molecule has 0 aromatic heterocycles. The molecule has 1 amide bonds. The SMILES string of the molecule is CCCCCCCCC=CCCCCCCCC(=O)O[C@@]1(C(Cl)CN(CCCl)C(=O)OCCCCC)CC[C@@]2(C)C(=CCC3C4CCC[C@@]4(C)CCC32)C1. The highest BCUT2D eigenvalue weighted by molar-refractivity contribution is 6.22. The molecule has 54 heavy (non-hydrogen) atoms. The van der Waals surface area contributed by atoms with Crippen molar-refractivity contribution in [1.29, 1.82) is 0 Å². The fourth-order valence-corrected chi connectivity index (χ4v) is 11.6. The van der Waals surface area contributed by atoms with E-state index in [0.29, 0.717) is 43.2 Å². The summed E-state index contributed by atoms with van der Waals surface area (Å²) in [5.74, 6) is 2.40. The van der Waals surface area contributed by atoms with Crippen LogP contribution in [0.25, 0.3) is 0 Å². The quantitative estimate of drug-likeness (QED) is 0.0400. The summed E-state index contributed by atoms with van der Waals surface area (Å²) in [4.78, 5) is 28.6. The summed E-state index contributed by atoms with van der Waals surface area (Å²) in [5, 5.41) is -0.561. The van der Waals surface area contributed by atoms with Gasteiger partial charge in [-0.1, -0.05) is 122 Å². The molecule has 4 unspecified atom stereocenters. The first kappa shape index (κ1) is 45.5. The molecule has 0 spiro atoms. The number of hydrogen-bond acceptors (Lipinski definition) is 4. The van der Waals surface area contributed by atoms with Crippen LogP contribution >= 0.6 is 23.2 Å². The van der Waals surface area contributed by atoms with Crippen LogP contribution in [0.2, 0.25) is 0 Å². The fraction of sp³-hybridized carbons (Fsp3) is 0.872. The van der Waals surface area contributed by atoms with E-state index in [1.54, 1.807) is 4.90 Å². The predicted octanol–water partition coefficient (Wildman–Crippen LogP) is 14.1. The van der Waals surface area contributed by atoms with E-state index in [2.05, 4.69) is 45.9 Å². The molecule has 4 aliphatic rings. The largest absolute Gasteiger partial charge is 0.457 e. The number of halogens is 2. The van der Waals surface area contributed by atoms with E-state index < -0.39 is 11.0 Å². The van der Waals surface area contributed by atoms with Crippen molar-refractivity contribution in [3.63, 3.8) is 0 Å². The monoisotopic (exact) mass is 792 g/mol. The second-order valence-electron chi connectivity index (χ2n) is 18.3. The van der Waals surface area contributed by atoms with Gasteiger partial charge in [-0.05, 0) is 112 Å². The fourth-order valence-electron chi connectivity index (χ4n) is 11.0. The van der Waals surface area contributed by atoms with Crippen molar-refractivity contribution in [1.82, 2.24) is 4.90 Å². The van der Waals surface area contributed by atoms with Crippen molar-refractivity contribution in [2.24, 2.45) is 28.6 Å². The first-order valence-electron chi connectivity index (χ1n) is 22.8. The van der Waals surface area contributed by atoms with Gasteiger partial charge in [-0.15, -0.1) is 23.2 Å². The molecule has 3 saturated carbocycles. The molecule has 5 nitrogen and oxygen atoms in total. The Morgan fingerprint density at radius 1 is 0.852 bits per heavy atom. The zero-order valence-corrected chi connectivity index (χ0v) is 36.6. The maximum atomic E-state index is 13.7. The van der Waals surface area contributed by atoms with E-state index in [1.165, 1.54) is 95.5 Å². The number of unbranched alkanes of at least 4 members (excludes halogenated alkanes) is 13. The number of esters is 1. The minimum Gasteiger partial charge on any atom is -0.457 e. The molecule has 0 heterocycles. The number of fused-ring (bicyclic) bond motifs is 5. The molecule has 0 bridgehead atoms. The van der Waals surface area contributed by atoms with Crippen LogP contribution in [0, 0.1) is 28.6 Å². The van der Waals surface area contributed by atoms with Gasteiger partial charge in [0.2, 0.25) is 0 Å². The normalized spacial score (nSPS) is 29.6. The number of alkyl halides is 2. The van der Waals surface area contributed by atoms with E-state index >= 15 is 0 Å². The van der Waals surface area contributed by atoms with Gasteiger partial charge in [0.1, 0.15) is 5.60 Å². The molecule has 0 aromatic rings. The third kappa shape index (κ3) is 12.6. The van der Waals surface area contributed by atoms with Crippen LogP contribution in [0.15, 0.2) is 23.8 Å². The zero-order chi connectivity index (χ0) is 38.9. The first-order valence-corrected chi connectivity index (χ1v) is 23.8. The third-order valence-corrected chi connectivity index (χ3v) is 15.2. The van der Waals surface area contributed by atoms with E-state index in [4.69, 9.17) is 32.7 Å². The Morgan fingerprint density at radius 3 is 2.22 bits per heavy atom. The van der Waals surface area contributed by atoms with Gasteiger partial charge in [0.05, 0.1) is 12.0 Å². The highest BCUT2D eigenvalue weighted by Gasteiger charge is 2.59. The first-order chi connectivity index (χ1) is 26.1. The van der Waals surface area contributed by atoms with Crippen LogP contribution in [0.5, 0.6) is 0 Å². The Labute approximate surface area is 341 Å². The predicted molar refractivity (Wildman–Crippen MR) is 227 cm³/mol. The summed E-state index contributed by atoms with van der Waals surface area (Å²) in [6, 6.07) is 0. The Bertz CT molecular complexity index is 1190. The summed E-state index contributed by atoms with van der Waals surface area (Å²) in [7, 11) is 0. The maximum absolute atomic E-state index is 13.7. The summed E-state index contributed by atoms with van der Waals surface area (Å²) < 4.78 is 12.3. The van der Waals surface area contributed by atoms with Crippen LogP contribution in [-0.2, 0) is 14.3 Å². The summed E-state index contributed by atoms with van der Waals surface area (Å²) >= 11 is 13.6. The molecule has 4 rings (SSSR count). The molecule has 0 aromatic carbocycles. The molecule has 0 saturated heterocycles. The lowest BCUT2D eigenvalue weighted by Crippen LogP contribution is -2.57. The summed E-state index contributed by atoms with van der Waals surface area (Å²) in [6.07, 6.45) is 36.4. The van der Waals surface area contributed by atoms with Crippen LogP contribution in [0.1, 0.15) is 195 Å². The second kappa shape index (κ2) is 23.3. The molecule has 0 aliphatic heterocycles. The Balaban J connectivity index is 1.33. The lowest BCUT2D eigenvalue weighted by atomic mass is 9.47. The average molecular weight is 793 g/mol. The van der Waals surface area contributed by atoms with Crippen LogP contribution in [-0.4, -0.2) is 53.5 Å². The van der Waals surface area contributed by atoms with Crippen molar-refractivity contribution in [3.8, 4) is 0 Å². The molecule has 7 atom stereocenters. The van der Waals surface area contributed by atoms with Crippen molar-refractivity contribution in [3.05, 3.63) is 23.8 Å². The van der Waals surface area contributed by atoms with Gasteiger partial charge >= 0.3 is 12.1 Å². The van der Waals surface area contributed by atoms with Gasteiger partial charge in [0.15, 0.2) is 0 Å². The van der Waals surface area contributed by atoms with E-state index in [9.17, 15) is 9.59 Å². The topological polar surface area (TPSA) is 55.8 Å². The van der Waals surface area contributed by atoms with Gasteiger partial charge in [0.25, 0.3) is 0 Å². The van der Waals surface area contributed by atoms with Gasteiger partial charge in [-0.3, -0.25) is 4.79 Å². The van der Waals surface area contributed by atoms with E-state index in [1.807, 2.05) is 0 Å². The smallest absolute Gasteiger partial charge is 0.409 e. The lowest BCUT2D eigenvalue weighted by Gasteiger charge is -2.59. The summed E-state index contributed by atoms with van der Waals surface area (Å²) in [5.41, 5.74) is 1.19. The number of carbonyl (C=O) groups is 2.